The molecule has 0 radical (unpaired) electrons. The van der Waals surface area contributed by atoms with E-state index >= 15 is 0 Å². The molecule has 0 aliphatic carbocycles. The Morgan fingerprint density at radius 1 is 1.53 bits per heavy atom. The van der Waals surface area contributed by atoms with Gasteiger partial charge < -0.3 is 10.3 Å². The fourth-order valence-electron chi connectivity index (χ4n) is 2.28. The van der Waals surface area contributed by atoms with Gasteiger partial charge in [-0.2, -0.15) is 0 Å². The van der Waals surface area contributed by atoms with Gasteiger partial charge in [-0.25, -0.2) is 4.98 Å². The number of hydrogen-bond donors (Lipinski definition) is 1. The molecular weight excluding hydrogens is 188 g/mol. The third-order valence-corrected chi connectivity index (χ3v) is 3.30. The van der Waals surface area contributed by atoms with Crippen molar-refractivity contribution in [3.8, 4) is 0 Å². The lowest BCUT2D eigenvalue weighted by molar-refractivity contribution is 0.142. The van der Waals surface area contributed by atoms with Crippen LogP contribution < -0.4 is 5.73 Å². The number of piperidine rings is 1. The second-order valence-electron chi connectivity index (χ2n) is 4.35. The lowest BCUT2D eigenvalue weighted by Gasteiger charge is -2.34. The zero-order valence-corrected chi connectivity index (χ0v) is 9.39. The monoisotopic (exact) mass is 208 g/mol. The fraction of sp³-hybridized carbons (Fsp3) is 0.727. The van der Waals surface area contributed by atoms with Gasteiger partial charge in [0.25, 0.3) is 0 Å². The topological polar surface area (TPSA) is 47.1 Å². The van der Waals surface area contributed by atoms with Crippen molar-refractivity contribution < 1.29 is 0 Å². The lowest BCUT2D eigenvalue weighted by Crippen LogP contribution is -2.43. The van der Waals surface area contributed by atoms with Crippen LogP contribution in [0.25, 0.3) is 0 Å². The Balaban J connectivity index is 2.00. The molecule has 2 rings (SSSR count). The fourth-order valence-corrected chi connectivity index (χ4v) is 2.28. The average Bonchev–Trinajstić information content (AvgIpc) is 2.65. The SMILES string of the molecule is Cn1cncc1CN1CCCCC1CN. The molecule has 0 amide bonds. The van der Waals surface area contributed by atoms with Gasteiger partial charge in [-0.15, -0.1) is 0 Å². The van der Waals surface area contributed by atoms with E-state index in [1.54, 1.807) is 0 Å². The summed E-state index contributed by atoms with van der Waals surface area (Å²) in [4.78, 5) is 6.63. The van der Waals surface area contributed by atoms with Gasteiger partial charge >= 0.3 is 0 Å². The number of rotatable bonds is 3. The summed E-state index contributed by atoms with van der Waals surface area (Å²) in [6.45, 7) is 2.93. The normalized spacial score (nSPS) is 23.2. The first-order chi connectivity index (χ1) is 7.31. The summed E-state index contributed by atoms with van der Waals surface area (Å²) < 4.78 is 2.09. The largest absolute Gasteiger partial charge is 0.337 e. The summed E-state index contributed by atoms with van der Waals surface area (Å²) in [5.74, 6) is 0. The van der Waals surface area contributed by atoms with Crippen LogP contribution >= 0.6 is 0 Å². The van der Waals surface area contributed by atoms with Crippen LogP contribution in [0, 0.1) is 0 Å². The van der Waals surface area contributed by atoms with Gasteiger partial charge in [-0.05, 0) is 19.4 Å². The van der Waals surface area contributed by atoms with E-state index in [2.05, 4.69) is 14.5 Å². The minimum Gasteiger partial charge on any atom is -0.337 e. The molecule has 4 nitrogen and oxygen atoms in total. The number of aromatic nitrogens is 2. The minimum absolute atomic E-state index is 0.564. The number of imidazole rings is 1. The van der Waals surface area contributed by atoms with E-state index in [1.165, 1.54) is 31.5 Å². The number of aryl methyl sites for hydroxylation is 1. The molecule has 0 spiro atoms. The number of likely N-dealkylation sites (tertiary alicyclic amines) is 1. The van der Waals surface area contributed by atoms with E-state index in [1.807, 2.05) is 19.6 Å². The van der Waals surface area contributed by atoms with Crippen LogP contribution in [-0.2, 0) is 13.6 Å². The quantitative estimate of drug-likeness (QED) is 0.796. The molecule has 0 saturated carbocycles. The molecule has 1 atom stereocenters. The second kappa shape index (κ2) is 4.77. The Morgan fingerprint density at radius 3 is 3.07 bits per heavy atom. The summed E-state index contributed by atoms with van der Waals surface area (Å²) in [5.41, 5.74) is 7.07. The zero-order chi connectivity index (χ0) is 10.7. The van der Waals surface area contributed by atoms with E-state index in [4.69, 9.17) is 5.73 Å². The van der Waals surface area contributed by atoms with E-state index in [9.17, 15) is 0 Å². The Hall–Kier alpha value is -0.870. The third-order valence-electron chi connectivity index (χ3n) is 3.30. The molecule has 1 aromatic heterocycles. The summed E-state index contributed by atoms with van der Waals surface area (Å²) >= 11 is 0. The summed E-state index contributed by atoms with van der Waals surface area (Å²) in [7, 11) is 2.05. The number of nitrogens with zero attached hydrogens (tertiary/aromatic N) is 3. The van der Waals surface area contributed by atoms with Crippen LogP contribution in [0.4, 0.5) is 0 Å². The maximum absolute atomic E-state index is 5.80. The molecular formula is C11H20N4. The van der Waals surface area contributed by atoms with Crippen molar-refractivity contribution in [2.75, 3.05) is 13.1 Å². The highest BCUT2D eigenvalue weighted by Gasteiger charge is 2.21. The maximum atomic E-state index is 5.80. The molecule has 1 unspecified atom stereocenters. The Kier molecular flexibility index (Phi) is 3.38. The molecule has 2 heterocycles. The molecule has 1 saturated heterocycles. The standard InChI is InChI=1S/C11H20N4/c1-14-9-13-7-11(14)8-15-5-3-2-4-10(15)6-12/h7,9-10H,2-6,8,12H2,1H3. The van der Waals surface area contributed by atoms with Gasteiger partial charge in [-0.3, -0.25) is 4.90 Å². The molecule has 1 aliphatic rings. The predicted molar refractivity (Wildman–Crippen MR) is 60.3 cm³/mol. The van der Waals surface area contributed by atoms with Gasteiger partial charge in [0, 0.05) is 32.4 Å². The number of nitrogens with two attached hydrogens (primary N) is 1. The van der Waals surface area contributed by atoms with Crippen molar-refractivity contribution in [2.24, 2.45) is 12.8 Å². The van der Waals surface area contributed by atoms with Crippen molar-refractivity contribution in [2.45, 2.75) is 31.8 Å². The first-order valence-electron chi connectivity index (χ1n) is 5.70. The highest BCUT2D eigenvalue weighted by molar-refractivity contribution is 4.98. The van der Waals surface area contributed by atoms with E-state index in [0.29, 0.717) is 6.04 Å². The van der Waals surface area contributed by atoms with E-state index in [-0.39, 0.29) is 0 Å². The Morgan fingerprint density at radius 2 is 2.40 bits per heavy atom. The van der Waals surface area contributed by atoms with Gasteiger partial charge in [0.2, 0.25) is 0 Å². The van der Waals surface area contributed by atoms with Crippen LogP contribution in [0.5, 0.6) is 0 Å². The van der Waals surface area contributed by atoms with Gasteiger partial charge in [0.1, 0.15) is 0 Å². The molecule has 0 bridgehead atoms. The molecule has 0 aromatic carbocycles. The lowest BCUT2D eigenvalue weighted by atomic mass is 10.0. The van der Waals surface area contributed by atoms with Crippen LogP contribution in [0.2, 0.25) is 0 Å². The highest BCUT2D eigenvalue weighted by Crippen LogP contribution is 2.18. The Bertz CT molecular complexity index is 307. The van der Waals surface area contributed by atoms with Crippen molar-refractivity contribution in [3.05, 3.63) is 18.2 Å². The van der Waals surface area contributed by atoms with Crippen LogP contribution in [0.15, 0.2) is 12.5 Å². The molecule has 1 fully saturated rings. The maximum Gasteiger partial charge on any atom is 0.0945 e. The first-order valence-corrected chi connectivity index (χ1v) is 5.70. The zero-order valence-electron chi connectivity index (χ0n) is 9.39. The van der Waals surface area contributed by atoms with Crippen LogP contribution in [0.3, 0.4) is 0 Å². The molecule has 15 heavy (non-hydrogen) atoms. The van der Waals surface area contributed by atoms with Crippen molar-refractivity contribution in [3.63, 3.8) is 0 Å². The predicted octanol–water partition coefficient (Wildman–Crippen LogP) is 0.733. The summed E-state index contributed by atoms with van der Waals surface area (Å²) in [6, 6.07) is 0.564. The minimum atomic E-state index is 0.564. The van der Waals surface area contributed by atoms with Crippen molar-refractivity contribution in [1.29, 1.82) is 0 Å². The Labute approximate surface area is 91.1 Å². The first kappa shape index (κ1) is 10.6. The average molecular weight is 208 g/mol. The van der Waals surface area contributed by atoms with Gasteiger partial charge in [0.15, 0.2) is 0 Å². The van der Waals surface area contributed by atoms with Crippen molar-refractivity contribution >= 4 is 0 Å². The summed E-state index contributed by atoms with van der Waals surface area (Å²) in [6.07, 6.45) is 7.67. The molecule has 84 valence electrons. The van der Waals surface area contributed by atoms with E-state index < -0.39 is 0 Å². The van der Waals surface area contributed by atoms with Crippen LogP contribution in [-0.4, -0.2) is 33.6 Å². The van der Waals surface area contributed by atoms with Gasteiger partial charge in [0.05, 0.1) is 12.0 Å². The highest BCUT2D eigenvalue weighted by atomic mass is 15.2. The third kappa shape index (κ3) is 2.38. The molecule has 1 aromatic rings. The van der Waals surface area contributed by atoms with Crippen LogP contribution in [0.1, 0.15) is 25.0 Å². The summed E-state index contributed by atoms with van der Waals surface area (Å²) in [5, 5.41) is 0. The smallest absolute Gasteiger partial charge is 0.0945 e. The van der Waals surface area contributed by atoms with Gasteiger partial charge in [-0.1, -0.05) is 6.42 Å². The molecule has 2 N–H and O–H groups in total. The molecule has 4 heteroatoms. The second-order valence-corrected chi connectivity index (χ2v) is 4.35. The van der Waals surface area contributed by atoms with E-state index in [0.717, 1.165) is 13.1 Å². The number of hydrogen-bond acceptors (Lipinski definition) is 3. The molecule has 1 aliphatic heterocycles. The van der Waals surface area contributed by atoms with Crippen molar-refractivity contribution in [1.82, 2.24) is 14.5 Å².